The van der Waals surface area contributed by atoms with E-state index in [4.69, 9.17) is 11.6 Å². The molecule has 1 amide bonds. The van der Waals surface area contributed by atoms with Gasteiger partial charge in [0.1, 0.15) is 6.29 Å². The van der Waals surface area contributed by atoms with Crippen molar-refractivity contribution in [2.45, 2.75) is 64.0 Å². The van der Waals surface area contributed by atoms with E-state index in [1.54, 1.807) is 0 Å². The van der Waals surface area contributed by atoms with Crippen molar-refractivity contribution in [3.8, 4) is 0 Å². The average molecular weight is 362 g/mol. The Bertz CT molecular complexity index is 584. The fourth-order valence-electron chi connectivity index (χ4n) is 3.83. The number of nitrogens with zero attached hydrogens (tertiary/aromatic N) is 1. The van der Waals surface area contributed by atoms with Crippen molar-refractivity contribution in [2.24, 2.45) is 5.92 Å². The summed E-state index contributed by atoms with van der Waals surface area (Å²) in [7, 11) is 0. The van der Waals surface area contributed by atoms with Crippen LogP contribution in [0.5, 0.6) is 0 Å². The molecule has 1 aromatic carbocycles. The summed E-state index contributed by atoms with van der Waals surface area (Å²) in [4.78, 5) is 25.9. The lowest BCUT2D eigenvalue weighted by Gasteiger charge is -2.44. The molecule has 1 saturated heterocycles. The standard InChI is InChI=1S/C21H28ClNO2/c1-3-7-17-11-14-20(16-9-12-18(22)13-10-16)23(21(17)25)19(4-2)8-5-6-15-24/h3,9-10,12-13,15,17,19-20H,1,4-8,11,14H2,2H3. The lowest BCUT2D eigenvalue weighted by molar-refractivity contribution is -0.145. The Morgan fingerprint density at radius 3 is 2.64 bits per heavy atom. The molecule has 0 bridgehead atoms. The lowest BCUT2D eigenvalue weighted by Crippen LogP contribution is -2.48. The van der Waals surface area contributed by atoms with Gasteiger partial charge in [-0.3, -0.25) is 4.79 Å². The smallest absolute Gasteiger partial charge is 0.226 e. The SMILES string of the molecule is C=CCC1CCC(c2ccc(Cl)cc2)N(C(CC)CCCC=O)C1=O. The average Bonchev–Trinajstić information content (AvgIpc) is 2.62. The van der Waals surface area contributed by atoms with Gasteiger partial charge in [0.05, 0.1) is 6.04 Å². The molecule has 1 heterocycles. The monoisotopic (exact) mass is 361 g/mol. The number of amides is 1. The minimum absolute atomic E-state index is 0.0289. The number of allylic oxidation sites excluding steroid dienone is 1. The minimum atomic E-state index is 0.0289. The van der Waals surface area contributed by atoms with E-state index in [1.807, 2.05) is 30.3 Å². The fraction of sp³-hybridized carbons (Fsp3) is 0.524. The number of carbonyl (C=O) groups is 2. The Labute approximate surface area is 156 Å². The predicted molar refractivity (Wildman–Crippen MR) is 103 cm³/mol. The number of halogens is 1. The highest BCUT2D eigenvalue weighted by molar-refractivity contribution is 6.30. The summed E-state index contributed by atoms with van der Waals surface area (Å²) in [6.07, 6.45) is 8.52. The summed E-state index contributed by atoms with van der Waals surface area (Å²) in [5.74, 6) is 0.255. The van der Waals surface area contributed by atoms with Crippen LogP contribution < -0.4 is 0 Å². The zero-order valence-electron chi connectivity index (χ0n) is 15.0. The predicted octanol–water partition coefficient (Wildman–Crippen LogP) is 5.34. The zero-order chi connectivity index (χ0) is 18.2. The third-order valence-corrected chi connectivity index (χ3v) is 5.41. The van der Waals surface area contributed by atoms with Crippen LogP contribution in [0, 0.1) is 5.92 Å². The van der Waals surface area contributed by atoms with Gasteiger partial charge in [-0.25, -0.2) is 0 Å². The number of rotatable bonds is 9. The molecule has 3 nitrogen and oxygen atoms in total. The van der Waals surface area contributed by atoms with Gasteiger partial charge in [-0.15, -0.1) is 6.58 Å². The van der Waals surface area contributed by atoms with E-state index in [-0.39, 0.29) is 23.9 Å². The highest BCUT2D eigenvalue weighted by atomic mass is 35.5. The Morgan fingerprint density at radius 2 is 2.04 bits per heavy atom. The highest BCUT2D eigenvalue weighted by Gasteiger charge is 2.38. The largest absolute Gasteiger partial charge is 0.332 e. The van der Waals surface area contributed by atoms with Gasteiger partial charge in [0.2, 0.25) is 5.91 Å². The second-order valence-corrected chi connectivity index (χ2v) is 7.21. The van der Waals surface area contributed by atoms with Crippen LogP contribution >= 0.6 is 11.6 Å². The Balaban J connectivity index is 2.28. The Morgan fingerprint density at radius 1 is 1.32 bits per heavy atom. The van der Waals surface area contributed by atoms with Gasteiger partial charge in [-0.2, -0.15) is 0 Å². The number of hydrogen-bond donors (Lipinski definition) is 0. The molecule has 3 unspecified atom stereocenters. The maximum atomic E-state index is 13.2. The number of piperidine rings is 1. The topological polar surface area (TPSA) is 37.4 Å². The first-order chi connectivity index (χ1) is 12.1. The second kappa shape index (κ2) is 9.76. The normalized spacial score (nSPS) is 21.8. The summed E-state index contributed by atoms with van der Waals surface area (Å²) >= 11 is 6.03. The first kappa shape index (κ1) is 19.7. The molecular formula is C21H28ClNO2. The summed E-state index contributed by atoms with van der Waals surface area (Å²) in [6, 6.07) is 8.09. The molecule has 1 fully saturated rings. The molecule has 0 aromatic heterocycles. The maximum Gasteiger partial charge on any atom is 0.226 e. The van der Waals surface area contributed by atoms with Crippen LogP contribution in [0.15, 0.2) is 36.9 Å². The lowest BCUT2D eigenvalue weighted by atomic mass is 9.84. The van der Waals surface area contributed by atoms with Gasteiger partial charge in [0.25, 0.3) is 0 Å². The Hall–Kier alpha value is -1.61. The van der Waals surface area contributed by atoms with Crippen molar-refractivity contribution in [3.63, 3.8) is 0 Å². The number of likely N-dealkylation sites (tertiary alicyclic amines) is 1. The van der Waals surface area contributed by atoms with Crippen molar-refractivity contribution in [1.82, 2.24) is 4.90 Å². The molecule has 0 spiro atoms. The molecule has 0 aliphatic carbocycles. The van der Waals surface area contributed by atoms with Crippen molar-refractivity contribution < 1.29 is 9.59 Å². The van der Waals surface area contributed by atoms with Gasteiger partial charge in [0.15, 0.2) is 0 Å². The van der Waals surface area contributed by atoms with Crippen LogP contribution in [0.25, 0.3) is 0 Å². The zero-order valence-corrected chi connectivity index (χ0v) is 15.8. The van der Waals surface area contributed by atoms with E-state index in [2.05, 4.69) is 18.4 Å². The van der Waals surface area contributed by atoms with Crippen LogP contribution in [0.3, 0.4) is 0 Å². The van der Waals surface area contributed by atoms with Gasteiger partial charge in [-0.05, 0) is 56.2 Å². The van der Waals surface area contributed by atoms with Crippen LogP contribution in [-0.2, 0) is 9.59 Å². The van der Waals surface area contributed by atoms with Crippen molar-refractivity contribution >= 4 is 23.8 Å². The van der Waals surface area contributed by atoms with E-state index in [1.165, 1.54) is 0 Å². The third kappa shape index (κ3) is 4.94. The molecule has 136 valence electrons. The highest BCUT2D eigenvalue weighted by Crippen LogP contribution is 2.38. The quantitative estimate of drug-likeness (QED) is 0.338. The molecule has 3 atom stereocenters. The van der Waals surface area contributed by atoms with Gasteiger partial charge < -0.3 is 9.69 Å². The molecule has 0 saturated carbocycles. The Kier molecular flexibility index (Phi) is 7.70. The number of benzene rings is 1. The van der Waals surface area contributed by atoms with Gasteiger partial charge in [-0.1, -0.05) is 36.7 Å². The van der Waals surface area contributed by atoms with Crippen LogP contribution in [0.4, 0.5) is 0 Å². The van der Waals surface area contributed by atoms with E-state index in [9.17, 15) is 9.59 Å². The molecule has 2 rings (SSSR count). The number of carbonyl (C=O) groups excluding carboxylic acids is 2. The van der Waals surface area contributed by atoms with Crippen LogP contribution in [-0.4, -0.2) is 23.1 Å². The van der Waals surface area contributed by atoms with Gasteiger partial charge >= 0.3 is 0 Å². The molecule has 1 aliphatic heterocycles. The van der Waals surface area contributed by atoms with E-state index >= 15 is 0 Å². The summed E-state index contributed by atoms with van der Waals surface area (Å²) in [5.41, 5.74) is 1.14. The van der Waals surface area contributed by atoms with Crippen molar-refractivity contribution in [3.05, 3.63) is 47.5 Å². The summed E-state index contributed by atoms with van der Waals surface area (Å²) < 4.78 is 0. The molecule has 0 N–H and O–H groups in total. The number of aldehydes is 1. The third-order valence-electron chi connectivity index (χ3n) is 5.16. The minimum Gasteiger partial charge on any atom is -0.332 e. The fourth-order valence-corrected chi connectivity index (χ4v) is 3.96. The van der Waals surface area contributed by atoms with E-state index in [0.29, 0.717) is 11.4 Å². The molecule has 1 aromatic rings. The van der Waals surface area contributed by atoms with E-state index in [0.717, 1.165) is 50.4 Å². The van der Waals surface area contributed by atoms with Crippen LogP contribution in [0.2, 0.25) is 5.02 Å². The van der Waals surface area contributed by atoms with Crippen LogP contribution in [0.1, 0.15) is 63.5 Å². The molecule has 25 heavy (non-hydrogen) atoms. The molecule has 0 radical (unpaired) electrons. The molecule has 4 heteroatoms. The molecular weight excluding hydrogens is 334 g/mol. The van der Waals surface area contributed by atoms with E-state index < -0.39 is 0 Å². The number of hydrogen-bond acceptors (Lipinski definition) is 2. The van der Waals surface area contributed by atoms with Crippen molar-refractivity contribution in [1.29, 1.82) is 0 Å². The first-order valence-electron chi connectivity index (χ1n) is 9.24. The summed E-state index contributed by atoms with van der Waals surface area (Å²) in [5, 5.41) is 0.708. The summed E-state index contributed by atoms with van der Waals surface area (Å²) in [6.45, 7) is 5.92. The maximum absolute atomic E-state index is 13.2. The van der Waals surface area contributed by atoms with Crippen molar-refractivity contribution in [2.75, 3.05) is 0 Å². The molecule has 1 aliphatic rings. The second-order valence-electron chi connectivity index (χ2n) is 6.77. The van der Waals surface area contributed by atoms with Gasteiger partial charge in [0, 0.05) is 23.4 Å². The number of unbranched alkanes of at least 4 members (excludes halogenated alkanes) is 1. The first-order valence-corrected chi connectivity index (χ1v) is 9.62.